The molecular formula is C22H24F3NOS. The third-order valence-electron chi connectivity index (χ3n) is 6.16. The maximum absolute atomic E-state index is 12.9. The van der Waals surface area contributed by atoms with Crippen molar-refractivity contribution in [1.82, 2.24) is 0 Å². The quantitative estimate of drug-likeness (QED) is 0.583. The molecule has 1 aliphatic carbocycles. The maximum Gasteiger partial charge on any atom is 0.416 e. The van der Waals surface area contributed by atoms with E-state index in [0.717, 1.165) is 47.5 Å². The van der Waals surface area contributed by atoms with Gasteiger partial charge in [-0.1, -0.05) is 32.9 Å². The summed E-state index contributed by atoms with van der Waals surface area (Å²) in [5.41, 5.74) is 2.80. The highest BCUT2D eigenvalue weighted by molar-refractivity contribution is 7.16. The minimum atomic E-state index is -4.35. The van der Waals surface area contributed by atoms with Crippen LogP contribution < -0.4 is 5.32 Å². The minimum Gasteiger partial charge on any atom is -0.317 e. The van der Waals surface area contributed by atoms with E-state index >= 15 is 0 Å². The number of carbonyl (C=O) groups is 1. The van der Waals surface area contributed by atoms with E-state index in [4.69, 9.17) is 0 Å². The van der Waals surface area contributed by atoms with Gasteiger partial charge in [-0.05, 0) is 59.4 Å². The maximum atomic E-state index is 12.9. The highest BCUT2D eigenvalue weighted by Crippen LogP contribution is 2.50. The van der Waals surface area contributed by atoms with Crippen LogP contribution in [-0.4, -0.2) is 5.91 Å². The normalized spacial score (nSPS) is 22.4. The average molecular weight is 408 g/mol. The van der Waals surface area contributed by atoms with E-state index in [1.807, 2.05) is 0 Å². The summed E-state index contributed by atoms with van der Waals surface area (Å²) in [7, 11) is 0. The Morgan fingerprint density at radius 1 is 1.07 bits per heavy atom. The fourth-order valence-electron chi connectivity index (χ4n) is 4.47. The summed E-state index contributed by atoms with van der Waals surface area (Å²) in [5, 5.41) is 3.90. The molecule has 2 aliphatic rings. The Kier molecular flexibility index (Phi) is 4.60. The van der Waals surface area contributed by atoms with Crippen LogP contribution in [0.5, 0.6) is 0 Å². The molecule has 28 heavy (non-hydrogen) atoms. The number of halogens is 3. The van der Waals surface area contributed by atoms with Crippen molar-refractivity contribution in [2.75, 3.05) is 5.32 Å². The van der Waals surface area contributed by atoms with E-state index in [1.165, 1.54) is 22.6 Å². The fourth-order valence-corrected chi connectivity index (χ4v) is 5.87. The van der Waals surface area contributed by atoms with Crippen LogP contribution in [0.3, 0.4) is 0 Å². The lowest BCUT2D eigenvalue weighted by atomic mass is 9.71. The van der Waals surface area contributed by atoms with E-state index in [2.05, 4.69) is 26.1 Å². The van der Waals surface area contributed by atoms with Gasteiger partial charge in [-0.15, -0.1) is 11.3 Å². The van der Waals surface area contributed by atoms with Gasteiger partial charge in [0.15, 0.2) is 0 Å². The fraction of sp³-hybridized carbons (Fsp3) is 0.500. The van der Waals surface area contributed by atoms with Crippen LogP contribution in [0.2, 0.25) is 0 Å². The molecule has 0 radical (unpaired) electrons. The number of carbonyl (C=O) groups excluding carboxylic acids is 1. The van der Waals surface area contributed by atoms with Crippen LogP contribution in [0.15, 0.2) is 24.3 Å². The van der Waals surface area contributed by atoms with Crippen LogP contribution in [-0.2, 0) is 23.8 Å². The van der Waals surface area contributed by atoms with Crippen molar-refractivity contribution in [3.8, 4) is 0 Å². The third kappa shape index (κ3) is 3.47. The number of amides is 1. The first-order chi connectivity index (χ1) is 13.0. The van der Waals surface area contributed by atoms with E-state index in [1.54, 1.807) is 11.3 Å². The van der Waals surface area contributed by atoms with Gasteiger partial charge >= 0.3 is 6.18 Å². The van der Waals surface area contributed by atoms with Gasteiger partial charge in [-0.25, -0.2) is 0 Å². The summed E-state index contributed by atoms with van der Waals surface area (Å²) >= 11 is 1.66. The largest absolute Gasteiger partial charge is 0.416 e. The van der Waals surface area contributed by atoms with Crippen molar-refractivity contribution >= 4 is 22.2 Å². The summed E-state index contributed by atoms with van der Waals surface area (Å²) in [4.78, 5) is 13.6. The molecule has 4 rings (SSSR count). The molecule has 150 valence electrons. The molecule has 1 N–H and O–H groups in total. The Bertz CT molecular complexity index is 906. The molecule has 0 fully saturated rings. The van der Waals surface area contributed by atoms with Crippen molar-refractivity contribution in [2.45, 2.75) is 58.5 Å². The number of nitrogens with one attached hydrogen (secondary N) is 1. The van der Waals surface area contributed by atoms with E-state index in [0.29, 0.717) is 5.92 Å². The summed E-state index contributed by atoms with van der Waals surface area (Å²) in [6.45, 7) is 6.80. The lowest BCUT2D eigenvalue weighted by Gasteiger charge is -2.34. The molecule has 1 amide bonds. The molecule has 0 unspecified atom stereocenters. The molecule has 1 aromatic heterocycles. The Labute approximate surface area is 167 Å². The van der Waals surface area contributed by atoms with E-state index in [-0.39, 0.29) is 23.7 Å². The SMILES string of the molecule is CC(C)(C)[C@@H]1CCc2c(sc3c2[C@H](c2ccc(C(F)(F)F)cc2)CC(=O)N3)C1. The molecular weight excluding hydrogens is 383 g/mol. The zero-order chi connectivity index (χ0) is 20.3. The van der Waals surface area contributed by atoms with Crippen molar-refractivity contribution in [1.29, 1.82) is 0 Å². The molecule has 2 nitrogen and oxygen atoms in total. The average Bonchev–Trinajstić information content (AvgIpc) is 2.96. The lowest BCUT2D eigenvalue weighted by Crippen LogP contribution is -2.27. The lowest BCUT2D eigenvalue weighted by molar-refractivity contribution is -0.137. The molecule has 2 atom stereocenters. The van der Waals surface area contributed by atoms with Crippen molar-refractivity contribution in [3.63, 3.8) is 0 Å². The number of anilines is 1. The predicted octanol–water partition coefficient (Wildman–Crippen LogP) is 6.39. The third-order valence-corrected chi connectivity index (χ3v) is 7.35. The highest BCUT2D eigenvalue weighted by atomic mass is 32.1. The van der Waals surface area contributed by atoms with E-state index in [9.17, 15) is 18.0 Å². The highest BCUT2D eigenvalue weighted by Gasteiger charge is 2.37. The molecule has 0 spiro atoms. The second-order valence-electron chi connectivity index (χ2n) is 8.98. The number of hydrogen-bond donors (Lipinski definition) is 1. The number of rotatable bonds is 1. The first-order valence-corrected chi connectivity index (χ1v) is 10.5. The molecule has 0 saturated heterocycles. The van der Waals surface area contributed by atoms with Gasteiger partial charge in [-0.3, -0.25) is 4.79 Å². The monoisotopic (exact) mass is 407 g/mol. The zero-order valence-electron chi connectivity index (χ0n) is 16.2. The van der Waals surface area contributed by atoms with Gasteiger partial charge < -0.3 is 5.32 Å². The Morgan fingerprint density at radius 2 is 1.75 bits per heavy atom. The summed E-state index contributed by atoms with van der Waals surface area (Å²) < 4.78 is 38.7. The first kappa shape index (κ1) is 19.5. The molecule has 1 aromatic carbocycles. The second-order valence-corrected chi connectivity index (χ2v) is 10.1. The van der Waals surface area contributed by atoms with Gasteiger partial charge in [0.05, 0.1) is 10.6 Å². The summed E-state index contributed by atoms with van der Waals surface area (Å²) in [5.74, 6) is 0.362. The first-order valence-electron chi connectivity index (χ1n) is 9.65. The van der Waals surface area contributed by atoms with Crippen molar-refractivity contribution in [2.24, 2.45) is 11.3 Å². The molecule has 2 heterocycles. The molecule has 0 bridgehead atoms. The van der Waals surface area contributed by atoms with Crippen LogP contribution in [0.25, 0.3) is 0 Å². The minimum absolute atomic E-state index is 0.0663. The standard InChI is InChI=1S/C22H24F3NOS/c1-21(2,3)14-8-9-15-17(10-14)28-20-19(15)16(11-18(27)26-20)12-4-6-13(7-5-12)22(23,24)25/h4-7,14,16H,8-11H2,1-3H3,(H,26,27)/t14-,16+/m1/s1. The van der Waals surface area contributed by atoms with Crippen molar-refractivity contribution in [3.05, 3.63) is 51.4 Å². The van der Waals surface area contributed by atoms with Crippen LogP contribution in [0.1, 0.15) is 66.7 Å². The molecule has 2 aromatic rings. The van der Waals surface area contributed by atoms with Crippen LogP contribution >= 0.6 is 11.3 Å². The van der Waals surface area contributed by atoms with Crippen molar-refractivity contribution < 1.29 is 18.0 Å². The molecule has 0 saturated carbocycles. The Balaban J connectivity index is 1.72. The summed E-state index contributed by atoms with van der Waals surface area (Å²) in [6.07, 6.45) is -0.989. The zero-order valence-corrected chi connectivity index (χ0v) is 17.1. The van der Waals surface area contributed by atoms with Gasteiger partial charge in [-0.2, -0.15) is 13.2 Å². The topological polar surface area (TPSA) is 29.1 Å². The second kappa shape index (κ2) is 6.61. The predicted molar refractivity (Wildman–Crippen MR) is 106 cm³/mol. The van der Waals surface area contributed by atoms with Crippen LogP contribution in [0, 0.1) is 11.3 Å². The van der Waals surface area contributed by atoms with Crippen LogP contribution in [0.4, 0.5) is 18.2 Å². The Morgan fingerprint density at radius 3 is 2.36 bits per heavy atom. The number of thiophene rings is 1. The van der Waals surface area contributed by atoms with Gasteiger partial charge in [0.25, 0.3) is 0 Å². The summed E-state index contributed by atoms with van der Waals surface area (Å²) in [6, 6.07) is 5.30. The number of alkyl halides is 3. The Hall–Kier alpha value is -1.82. The van der Waals surface area contributed by atoms with Gasteiger partial charge in [0.2, 0.25) is 5.91 Å². The smallest absolute Gasteiger partial charge is 0.317 e. The molecule has 6 heteroatoms. The van der Waals surface area contributed by atoms with E-state index < -0.39 is 11.7 Å². The number of benzene rings is 1. The molecule has 1 aliphatic heterocycles. The van der Waals surface area contributed by atoms with Gasteiger partial charge in [0, 0.05) is 17.2 Å². The number of fused-ring (bicyclic) bond motifs is 3. The number of hydrogen-bond acceptors (Lipinski definition) is 2. The van der Waals surface area contributed by atoms with Gasteiger partial charge in [0.1, 0.15) is 0 Å².